The van der Waals surface area contributed by atoms with E-state index in [-0.39, 0.29) is 0 Å². The molecule has 0 bridgehead atoms. The van der Waals surface area contributed by atoms with Crippen LogP contribution in [0.2, 0.25) is 0 Å². The zero-order valence-electron chi connectivity index (χ0n) is 16.3. The van der Waals surface area contributed by atoms with Crippen molar-refractivity contribution >= 4 is 23.4 Å². The Hall–Kier alpha value is -2.02. The molecule has 0 radical (unpaired) electrons. The standard InChI is InChI=1S/C20H30N6S/c1-3-15-8-6-9-16(14-15)23-19(21)22-13-7-12-18-24-25-20(27-2)26(18)17-10-4-5-11-17/h6,8-9,14,17H,3-5,7,10-13H2,1-2H3,(H3,21,22,23). The number of guanidine groups is 1. The van der Waals surface area contributed by atoms with Crippen molar-refractivity contribution < 1.29 is 0 Å². The van der Waals surface area contributed by atoms with Crippen molar-refractivity contribution in [3.8, 4) is 0 Å². The molecule has 1 aromatic carbocycles. The number of nitrogens with one attached hydrogen (secondary N) is 1. The maximum Gasteiger partial charge on any atom is 0.193 e. The fraction of sp³-hybridized carbons (Fsp3) is 0.550. The second kappa shape index (κ2) is 9.78. The number of nitrogens with two attached hydrogens (primary N) is 1. The lowest BCUT2D eigenvalue weighted by molar-refractivity contribution is 0.461. The molecule has 0 atom stereocenters. The molecule has 1 saturated carbocycles. The van der Waals surface area contributed by atoms with Crippen LogP contribution in [-0.2, 0) is 12.8 Å². The first kappa shape index (κ1) is 19.7. The summed E-state index contributed by atoms with van der Waals surface area (Å²) in [6.07, 6.45) is 9.97. The van der Waals surface area contributed by atoms with E-state index in [4.69, 9.17) is 5.73 Å². The highest BCUT2D eigenvalue weighted by molar-refractivity contribution is 7.98. The van der Waals surface area contributed by atoms with E-state index in [9.17, 15) is 0 Å². The third kappa shape index (κ3) is 5.25. The minimum absolute atomic E-state index is 0.463. The molecule has 27 heavy (non-hydrogen) atoms. The highest BCUT2D eigenvalue weighted by atomic mass is 32.2. The van der Waals surface area contributed by atoms with Gasteiger partial charge in [-0.25, -0.2) is 0 Å². The second-order valence-corrected chi connectivity index (χ2v) is 7.73. The number of nitrogens with zero attached hydrogens (tertiary/aromatic N) is 4. The van der Waals surface area contributed by atoms with Crippen molar-refractivity contribution in [2.75, 3.05) is 18.1 Å². The fourth-order valence-electron chi connectivity index (χ4n) is 3.64. The van der Waals surface area contributed by atoms with Gasteiger partial charge in [-0.05, 0) is 49.6 Å². The summed E-state index contributed by atoms with van der Waals surface area (Å²) in [6.45, 7) is 2.82. The number of benzene rings is 1. The Morgan fingerprint density at radius 1 is 1.33 bits per heavy atom. The van der Waals surface area contributed by atoms with E-state index in [1.54, 1.807) is 11.8 Å². The lowest BCUT2D eigenvalue weighted by atomic mass is 10.1. The topological polar surface area (TPSA) is 81.1 Å². The van der Waals surface area contributed by atoms with Gasteiger partial charge in [-0.3, -0.25) is 4.99 Å². The quantitative estimate of drug-likeness (QED) is 0.310. The fourth-order valence-corrected chi connectivity index (χ4v) is 4.21. The molecule has 1 fully saturated rings. The number of rotatable bonds is 8. The van der Waals surface area contributed by atoms with Gasteiger partial charge >= 0.3 is 0 Å². The number of aromatic nitrogens is 3. The summed E-state index contributed by atoms with van der Waals surface area (Å²) in [7, 11) is 0. The highest BCUT2D eigenvalue weighted by Crippen LogP contribution is 2.33. The molecule has 0 spiro atoms. The highest BCUT2D eigenvalue weighted by Gasteiger charge is 2.23. The summed E-state index contributed by atoms with van der Waals surface area (Å²) >= 11 is 1.68. The minimum Gasteiger partial charge on any atom is -0.370 e. The molecule has 6 nitrogen and oxygen atoms in total. The van der Waals surface area contributed by atoms with Gasteiger partial charge in [0.2, 0.25) is 0 Å². The molecule has 0 unspecified atom stereocenters. The van der Waals surface area contributed by atoms with Crippen LogP contribution in [0.5, 0.6) is 0 Å². The predicted octanol–water partition coefficient (Wildman–Crippen LogP) is 4.04. The monoisotopic (exact) mass is 386 g/mol. The first-order chi connectivity index (χ1) is 13.2. The second-order valence-electron chi connectivity index (χ2n) is 6.96. The summed E-state index contributed by atoms with van der Waals surface area (Å²) < 4.78 is 2.36. The maximum atomic E-state index is 6.03. The Balaban J connectivity index is 1.53. The molecule has 1 heterocycles. The van der Waals surface area contributed by atoms with Crippen molar-refractivity contribution in [2.45, 2.75) is 63.1 Å². The molecule has 3 rings (SSSR count). The van der Waals surface area contributed by atoms with E-state index in [2.05, 4.69) is 50.4 Å². The zero-order chi connectivity index (χ0) is 19.1. The molecule has 7 heteroatoms. The summed E-state index contributed by atoms with van der Waals surface area (Å²) in [4.78, 5) is 4.46. The van der Waals surface area contributed by atoms with Crippen LogP contribution < -0.4 is 11.1 Å². The van der Waals surface area contributed by atoms with Crippen molar-refractivity contribution in [1.82, 2.24) is 14.8 Å². The lowest BCUT2D eigenvalue weighted by Gasteiger charge is -2.16. The third-order valence-electron chi connectivity index (χ3n) is 5.06. The van der Waals surface area contributed by atoms with E-state index < -0.39 is 0 Å². The largest absolute Gasteiger partial charge is 0.370 e. The number of hydrogen-bond donors (Lipinski definition) is 2. The summed E-state index contributed by atoms with van der Waals surface area (Å²) in [5.74, 6) is 1.55. The van der Waals surface area contributed by atoms with Gasteiger partial charge in [-0.2, -0.15) is 0 Å². The first-order valence-electron chi connectivity index (χ1n) is 9.85. The number of anilines is 1. The van der Waals surface area contributed by atoms with Crippen molar-refractivity contribution in [3.05, 3.63) is 35.7 Å². The van der Waals surface area contributed by atoms with Crippen LogP contribution >= 0.6 is 11.8 Å². The van der Waals surface area contributed by atoms with E-state index >= 15 is 0 Å². The molecule has 0 saturated heterocycles. The number of hydrogen-bond acceptors (Lipinski definition) is 4. The molecular weight excluding hydrogens is 356 g/mol. The van der Waals surface area contributed by atoms with E-state index in [0.717, 1.165) is 35.9 Å². The molecule has 1 aliphatic rings. The number of thioether (sulfide) groups is 1. The summed E-state index contributed by atoms with van der Waals surface area (Å²) in [6, 6.07) is 8.83. The molecule has 0 aliphatic heterocycles. The van der Waals surface area contributed by atoms with Crippen molar-refractivity contribution in [3.63, 3.8) is 0 Å². The number of aryl methyl sites for hydroxylation is 2. The third-order valence-corrected chi connectivity index (χ3v) is 5.70. The number of aliphatic imine (C=N–C) groups is 1. The zero-order valence-corrected chi connectivity index (χ0v) is 17.1. The predicted molar refractivity (Wildman–Crippen MR) is 114 cm³/mol. The summed E-state index contributed by atoms with van der Waals surface area (Å²) in [5.41, 5.74) is 8.30. The van der Waals surface area contributed by atoms with E-state index in [1.165, 1.54) is 31.2 Å². The molecule has 1 aliphatic carbocycles. The molecular formula is C20H30N6S. The molecule has 3 N–H and O–H groups in total. The Kier molecular flexibility index (Phi) is 7.15. The molecule has 146 valence electrons. The first-order valence-corrected chi connectivity index (χ1v) is 11.1. The van der Waals surface area contributed by atoms with Crippen LogP contribution in [0, 0.1) is 0 Å². The van der Waals surface area contributed by atoms with Gasteiger partial charge in [0, 0.05) is 24.7 Å². The molecule has 2 aromatic rings. The smallest absolute Gasteiger partial charge is 0.193 e. The van der Waals surface area contributed by atoms with Crippen LogP contribution in [0.4, 0.5) is 5.69 Å². The van der Waals surface area contributed by atoms with Crippen LogP contribution in [-0.4, -0.2) is 33.5 Å². The SMILES string of the molecule is CCc1cccc(NC(N)=NCCCc2nnc(SC)n2C2CCCC2)c1. The molecule has 1 aromatic heterocycles. The Bertz CT molecular complexity index is 764. The average Bonchev–Trinajstić information content (AvgIpc) is 3.34. The minimum atomic E-state index is 0.463. The van der Waals surface area contributed by atoms with Crippen molar-refractivity contribution in [2.24, 2.45) is 10.7 Å². The van der Waals surface area contributed by atoms with Crippen LogP contribution in [0.3, 0.4) is 0 Å². The van der Waals surface area contributed by atoms with E-state index in [0.29, 0.717) is 18.5 Å². The van der Waals surface area contributed by atoms with Gasteiger partial charge in [-0.1, -0.05) is 43.7 Å². The van der Waals surface area contributed by atoms with Crippen LogP contribution in [0.15, 0.2) is 34.4 Å². The van der Waals surface area contributed by atoms with Gasteiger partial charge in [-0.15, -0.1) is 10.2 Å². The molecule has 0 amide bonds. The average molecular weight is 387 g/mol. The summed E-state index contributed by atoms with van der Waals surface area (Å²) in [5, 5.41) is 13.0. The normalized spacial score (nSPS) is 15.4. The van der Waals surface area contributed by atoms with Gasteiger partial charge in [0.25, 0.3) is 0 Å². The van der Waals surface area contributed by atoms with Gasteiger partial charge in [0.1, 0.15) is 5.82 Å². The van der Waals surface area contributed by atoms with Crippen molar-refractivity contribution in [1.29, 1.82) is 0 Å². The lowest BCUT2D eigenvalue weighted by Crippen LogP contribution is -2.23. The Morgan fingerprint density at radius 3 is 2.89 bits per heavy atom. The Morgan fingerprint density at radius 2 is 2.15 bits per heavy atom. The van der Waals surface area contributed by atoms with Crippen LogP contribution in [0.25, 0.3) is 0 Å². The Labute approximate surface area is 166 Å². The van der Waals surface area contributed by atoms with Crippen LogP contribution in [0.1, 0.15) is 56.5 Å². The van der Waals surface area contributed by atoms with Gasteiger partial charge in [0.15, 0.2) is 11.1 Å². The van der Waals surface area contributed by atoms with Gasteiger partial charge < -0.3 is 15.6 Å². The maximum absolute atomic E-state index is 6.03. The van der Waals surface area contributed by atoms with E-state index in [1.807, 2.05) is 12.1 Å². The van der Waals surface area contributed by atoms with Gasteiger partial charge in [0.05, 0.1) is 0 Å².